The Morgan fingerprint density at radius 1 is 1.36 bits per heavy atom. The second kappa shape index (κ2) is 7.90. The number of aromatic nitrogens is 4. The summed E-state index contributed by atoms with van der Waals surface area (Å²) < 4.78 is 0. The highest BCUT2D eigenvalue weighted by Crippen LogP contribution is 2.26. The predicted octanol–water partition coefficient (Wildman–Crippen LogP) is 2.52. The number of carbonyl (C=O) groups is 1. The Kier molecular flexibility index (Phi) is 5.34. The Morgan fingerprint density at radius 3 is 3.00 bits per heavy atom. The molecule has 1 amide bonds. The van der Waals surface area contributed by atoms with Gasteiger partial charge in [-0.25, -0.2) is 15.0 Å². The Bertz CT molecular complexity index is 1020. The molecule has 10 heteroatoms. The summed E-state index contributed by atoms with van der Waals surface area (Å²) in [5, 5.41) is 4.15. The van der Waals surface area contributed by atoms with Crippen molar-refractivity contribution < 1.29 is 4.79 Å². The number of anilines is 1. The summed E-state index contributed by atoms with van der Waals surface area (Å²) in [5.74, 6) is 0.875. The fourth-order valence-corrected chi connectivity index (χ4v) is 3.92. The number of nitrogens with two attached hydrogens (primary N) is 1. The number of aromatic amines is 1. The van der Waals surface area contributed by atoms with Crippen LogP contribution in [0.3, 0.4) is 0 Å². The maximum Gasteiger partial charge on any atom is 0.237 e. The molecular formula is C18H19Cl2N7O. The number of nitrogens with zero attached hydrogens (tertiary/aromatic N) is 4. The van der Waals surface area contributed by atoms with Crippen molar-refractivity contribution in [1.82, 2.24) is 30.2 Å². The number of rotatable bonds is 5. The fourth-order valence-electron chi connectivity index (χ4n) is 3.45. The molecule has 4 N–H and O–H groups in total. The Labute approximate surface area is 171 Å². The SMILES string of the molecule is Nc1ncnc2nc(CNC(=O)[C@@H]3CCCN3Cc3ccc(Cl)cc3Cl)[nH]c12. The van der Waals surface area contributed by atoms with Crippen molar-refractivity contribution in [1.29, 1.82) is 0 Å². The summed E-state index contributed by atoms with van der Waals surface area (Å²) in [6.45, 7) is 1.71. The zero-order chi connectivity index (χ0) is 19.7. The maximum absolute atomic E-state index is 12.7. The minimum atomic E-state index is -0.207. The number of nitrogen functional groups attached to an aromatic ring is 1. The standard InChI is InChI=1S/C18H19Cl2N7O/c19-11-4-3-10(12(20)6-11)8-27-5-1-2-13(27)18(28)22-7-14-25-15-16(21)23-9-24-17(15)26-14/h3-4,6,9,13H,1-2,5,7-8H2,(H,22,28)(H3,21,23,24,25,26)/t13-/m0/s1. The van der Waals surface area contributed by atoms with Gasteiger partial charge in [0, 0.05) is 16.6 Å². The highest BCUT2D eigenvalue weighted by Gasteiger charge is 2.31. The normalized spacial score (nSPS) is 17.3. The molecule has 3 aromatic rings. The molecular weight excluding hydrogens is 401 g/mol. The first-order valence-corrected chi connectivity index (χ1v) is 9.67. The molecule has 0 radical (unpaired) electrons. The highest BCUT2D eigenvalue weighted by molar-refractivity contribution is 6.35. The number of hydrogen-bond donors (Lipinski definition) is 3. The van der Waals surface area contributed by atoms with Crippen molar-refractivity contribution in [2.45, 2.75) is 32.0 Å². The van der Waals surface area contributed by atoms with E-state index < -0.39 is 0 Å². The molecule has 4 rings (SSSR count). The summed E-state index contributed by atoms with van der Waals surface area (Å²) in [5.41, 5.74) is 7.82. The van der Waals surface area contributed by atoms with E-state index in [-0.39, 0.29) is 18.5 Å². The summed E-state index contributed by atoms with van der Waals surface area (Å²) in [6, 6.07) is 5.22. The zero-order valence-corrected chi connectivity index (χ0v) is 16.5. The third-order valence-electron chi connectivity index (χ3n) is 4.85. The first kappa shape index (κ1) is 18.9. The lowest BCUT2D eigenvalue weighted by Crippen LogP contribution is -2.42. The Morgan fingerprint density at radius 2 is 2.21 bits per heavy atom. The minimum absolute atomic E-state index is 0.0397. The van der Waals surface area contributed by atoms with Gasteiger partial charge in [0.25, 0.3) is 0 Å². The van der Waals surface area contributed by atoms with E-state index in [1.165, 1.54) is 6.33 Å². The van der Waals surface area contributed by atoms with E-state index in [9.17, 15) is 4.79 Å². The van der Waals surface area contributed by atoms with Crippen LogP contribution >= 0.6 is 23.2 Å². The van der Waals surface area contributed by atoms with Gasteiger partial charge in [0.1, 0.15) is 17.7 Å². The maximum atomic E-state index is 12.7. The average molecular weight is 420 g/mol. The molecule has 1 saturated heterocycles. The summed E-state index contributed by atoms with van der Waals surface area (Å²) in [7, 11) is 0. The monoisotopic (exact) mass is 419 g/mol. The van der Waals surface area contributed by atoms with Crippen molar-refractivity contribution in [2.75, 3.05) is 12.3 Å². The third-order valence-corrected chi connectivity index (χ3v) is 5.44. The van der Waals surface area contributed by atoms with Crippen molar-refractivity contribution in [3.05, 3.63) is 46.0 Å². The minimum Gasteiger partial charge on any atom is -0.382 e. The van der Waals surface area contributed by atoms with E-state index in [1.807, 2.05) is 12.1 Å². The molecule has 3 heterocycles. The number of nitrogens with one attached hydrogen (secondary N) is 2. The summed E-state index contributed by atoms with van der Waals surface area (Å²) in [6.07, 6.45) is 3.12. The van der Waals surface area contributed by atoms with E-state index in [0.29, 0.717) is 39.4 Å². The molecule has 0 unspecified atom stereocenters. The van der Waals surface area contributed by atoms with Crippen LogP contribution in [0.25, 0.3) is 11.2 Å². The fraction of sp³-hybridized carbons (Fsp3) is 0.333. The molecule has 0 aliphatic carbocycles. The number of amides is 1. The molecule has 1 fully saturated rings. The predicted molar refractivity (Wildman–Crippen MR) is 108 cm³/mol. The van der Waals surface area contributed by atoms with Crippen LogP contribution in [0.2, 0.25) is 10.0 Å². The molecule has 0 bridgehead atoms. The van der Waals surface area contributed by atoms with Crippen LogP contribution in [-0.4, -0.2) is 43.3 Å². The largest absolute Gasteiger partial charge is 0.382 e. The summed E-state index contributed by atoms with van der Waals surface area (Å²) >= 11 is 12.2. The van der Waals surface area contributed by atoms with Gasteiger partial charge < -0.3 is 16.0 Å². The van der Waals surface area contributed by atoms with E-state index in [4.69, 9.17) is 28.9 Å². The lowest BCUT2D eigenvalue weighted by Gasteiger charge is -2.24. The zero-order valence-electron chi connectivity index (χ0n) is 15.0. The summed E-state index contributed by atoms with van der Waals surface area (Å²) in [4.78, 5) is 30.2. The average Bonchev–Trinajstić information content (AvgIpc) is 3.29. The van der Waals surface area contributed by atoms with Gasteiger partial charge in [0.2, 0.25) is 5.91 Å². The number of carbonyl (C=O) groups excluding carboxylic acids is 1. The van der Waals surface area contributed by atoms with E-state index >= 15 is 0 Å². The van der Waals surface area contributed by atoms with Crippen LogP contribution < -0.4 is 11.1 Å². The van der Waals surface area contributed by atoms with Gasteiger partial charge in [-0.15, -0.1) is 0 Å². The molecule has 2 aromatic heterocycles. The molecule has 146 valence electrons. The van der Waals surface area contributed by atoms with Gasteiger partial charge in [-0.1, -0.05) is 29.3 Å². The van der Waals surface area contributed by atoms with Crippen molar-refractivity contribution in [2.24, 2.45) is 0 Å². The number of likely N-dealkylation sites (tertiary alicyclic amines) is 1. The number of fused-ring (bicyclic) bond motifs is 1. The highest BCUT2D eigenvalue weighted by atomic mass is 35.5. The molecule has 1 aromatic carbocycles. The van der Waals surface area contributed by atoms with Crippen LogP contribution in [0.5, 0.6) is 0 Å². The molecule has 1 aliphatic heterocycles. The number of imidazole rings is 1. The van der Waals surface area contributed by atoms with Gasteiger partial charge in [0.15, 0.2) is 11.5 Å². The van der Waals surface area contributed by atoms with E-state index in [1.54, 1.807) is 6.07 Å². The van der Waals surface area contributed by atoms with Crippen LogP contribution in [0.4, 0.5) is 5.82 Å². The third kappa shape index (κ3) is 3.89. The van der Waals surface area contributed by atoms with Crippen LogP contribution in [-0.2, 0) is 17.9 Å². The second-order valence-corrected chi connectivity index (χ2v) is 7.57. The lowest BCUT2D eigenvalue weighted by atomic mass is 10.1. The number of benzene rings is 1. The molecule has 0 saturated carbocycles. The van der Waals surface area contributed by atoms with E-state index in [0.717, 1.165) is 24.9 Å². The quantitative estimate of drug-likeness (QED) is 0.585. The van der Waals surface area contributed by atoms with Gasteiger partial charge >= 0.3 is 0 Å². The van der Waals surface area contributed by atoms with Crippen LogP contribution in [0.1, 0.15) is 24.2 Å². The van der Waals surface area contributed by atoms with Crippen LogP contribution in [0.15, 0.2) is 24.5 Å². The van der Waals surface area contributed by atoms with Crippen LogP contribution in [0, 0.1) is 0 Å². The molecule has 1 atom stereocenters. The Hall–Kier alpha value is -2.42. The van der Waals surface area contributed by atoms with Crippen molar-refractivity contribution >= 4 is 46.1 Å². The Balaban J connectivity index is 1.41. The van der Waals surface area contributed by atoms with Crippen molar-refractivity contribution in [3.8, 4) is 0 Å². The number of hydrogen-bond acceptors (Lipinski definition) is 6. The molecule has 28 heavy (non-hydrogen) atoms. The van der Waals surface area contributed by atoms with E-state index in [2.05, 4.69) is 30.2 Å². The number of halogens is 2. The lowest BCUT2D eigenvalue weighted by molar-refractivity contribution is -0.125. The van der Waals surface area contributed by atoms with Gasteiger partial charge in [0.05, 0.1) is 12.6 Å². The molecule has 1 aliphatic rings. The van der Waals surface area contributed by atoms with Gasteiger partial charge in [-0.05, 0) is 37.1 Å². The first-order valence-electron chi connectivity index (χ1n) is 8.92. The molecule has 8 nitrogen and oxygen atoms in total. The van der Waals surface area contributed by atoms with Gasteiger partial charge in [-0.3, -0.25) is 9.69 Å². The first-order chi connectivity index (χ1) is 13.5. The number of H-pyrrole nitrogens is 1. The topological polar surface area (TPSA) is 113 Å². The van der Waals surface area contributed by atoms with Gasteiger partial charge in [-0.2, -0.15) is 0 Å². The van der Waals surface area contributed by atoms with Crippen molar-refractivity contribution in [3.63, 3.8) is 0 Å². The molecule has 0 spiro atoms. The second-order valence-electron chi connectivity index (χ2n) is 6.72. The smallest absolute Gasteiger partial charge is 0.237 e.